The second-order valence-corrected chi connectivity index (χ2v) is 7.13. The third kappa shape index (κ3) is 2.89. The molecule has 3 nitrogen and oxygen atoms in total. The van der Waals surface area contributed by atoms with Crippen molar-refractivity contribution < 1.29 is 4.74 Å². The van der Waals surface area contributed by atoms with Crippen LogP contribution in [-0.2, 0) is 6.54 Å². The van der Waals surface area contributed by atoms with Crippen LogP contribution in [0.5, 0.6) is 5.75 Å². The summed E-state index contributed by atoms with van der Waals surface area (Å²) in [6.07, 6.45) is 1.18. The van der Waals surface area contributed by atoms with Gasteiger partial charge in [0, 0.05) is 35.4 Å². The fourth-order valence-corrected chi connectivity index (χ4v) is 4.02. The molecule has 1 atom stereocenters. The van der Waals surface area contributed by atoms with Gasteiger partial charge in [-0.05, 0) is 58.7 Å². The molecular formula is C18H30N2O. The van der Waals surface area contributed by atoms with Crippen LogP contribution in [0, 0.1) is 0 Å². The molecule has 0 bridgehead atoms. The second-order valence-electron chi connectivity index (χ2n) is 7.13. The average molecular weight is 290 g/mol. The fraction of sp³-hybridized carbons (Fsp3) is 0.667. The molecule has 0 unspecified atom stereocenters. The summed E-state index contributed by atoms with van der Waals surface area (Å²) in [5.74, 6) is 1.56. The minimum atomic E-state index is 0.177. The van der Waals surface area contributed by atoms with Gasteiger partial charge in [0.25, 0.3) is 0 Å². The number of nitrogens with one attached hydrogen (secondary N) is 1. The molecule has 1 aromatic rings. The summed E-state index contributed by atoms with van der Waals surface area (Å²) in [5.41, 5.74) is 4.21. The summed E-state index contributed by atoms with van der Waals surface area (Å²) in [7, 11) is 3.74. The van der Waals surface area contributed by atoms with E-state index in [0.717, 1.165) is 12.3 Å². The summed E-state index contributed by atoms with van der Waals surface area (Å²) in [5, 5.41) is 3.24. The van der Waals surface area contributed by atoms with E-state index in [9.17, 15) is 0 Å². The normalized spacial score (nSPS) is 20.6. The Kier molecular flexibility index (Phi) is 4.52. The van der Waals surface area contributed by atoms with Gasteiger partial charge < -0.3 is 15.0 Å². The van der Waals surface area contributed by atoms with E-state index >= 15 is 0 Å². The van der Waals surface area contributed by atoms with Gasteiger partial charge in [0.15, 0.2) is 0 Å². The lowest BCUT2D eigenvalue weighted by atomic mass is 9.78. The number of hydrogen-bond acceptors (Lipinski definition) is 3. The third-order valence-electron chi connectivity index (χ3n) is 4.56. The minimum Gasteiger partial charge on any atom is -0.496 e. The fourth-order valence-electron chi connectivity index (χ4n) is 4.02. The summed E-state index contributed by atoms with van der Waals surface area (Å²) >= 11 is 0. The van der Waals surface area contributed by atoms with Crippen molar-refractivity contribution in [2.45, 2.75) is 65.1 Å². The minimum absolute atomic E-state index is 0.177. The molecule has 2 rings (SSSR count). The molecule has 1 aliphatic rings. The average Bonchev–Trinajstić information content (AvgIpc) is 2.37. The van der Waals surface area contributed by atoms with Crippen LogP contribution in [-0.4, -0.2) is 25.7 Å². The Morgan fingerprint density at radius 3 is 2.57 bits per heavy atom. The van der Waals surface area contributed by atoms with Crippen molar-refractivity contribution in [1.82, 2.24) is 5.32 Å². The van der Waals surface area contributed by atoms with Gasteiger partial charge in [0.2, 0.25) is 0 Å². The van der Waals surface area contributed by atoms with E-state index in [2.05, 4.69) is 57.0 Å². The quantitative estimate of drug-likeness (QED) is 0.909. The molecule has 1 N–H and O–H groups in total. The standard InChI is InChI=1S/C18H30N2O/c1-12(2)20-16-9-17(21-7)14(11-19-6)8-15(16)13(3)10-18(20,4)5/h8-9,12-13,19H,10-11H2,1-7H3/t13-/m1/s1. The number of fused-ring (bicyclic) bond motifs is 1. The summed E-state index contributed by atoms with van der Waals surface area (Å²) < 4.78 is 5.63. The van der Waals surface area contributed by atoms with E-state index in [0.29, 0.717) is 12.0 Å². The third-order valence-corrected chi connectivity index (χ3v) is 4.56. The molecular weight excluding hydrogens is 260 g/mol. The van der Waals surface area contributed by atoms with Crippen LogP contribution in [0.3, 0.4) is 0 Å². The molecule has 118 valence electrons. The summed E-state index contributed by atoms with van der Waals surface area (Å²) in [6, 6.07) is 5.05. The van der Waals surface area contributed by atoms with E-state index in [1.54, 1.807) is 7.11 Å². The highest BCUT2D eigenvalue weighted by Crippen LogP contribution is 2.46. The number of methoxy groups -OCH3 is 1. The van der Waals surface area contributed by atoms with Crippen molar-refractivity contribution in [1.29, 1.82) is 0 Å². The van der Waals surface area contributed by atoms with Crippen LogP contribution < -0.4 is 15.0 Å². The van der Waals surface area contributed by atoms with Gasteiger partial charge in [0.05, 0.1) is 7.11 Å². The van der Waals surface area contributed by atoms with Crippen molar-refractivity contribution in [3.8, 4) is 5.75 Å². The first-order valence-corrected chi connectivity index (χ1v) is 7.96. The van der Waals surface area contributed by atoms with Gasteiger partial charge in [-0.15, -0.1) is 0 Å². The van der Waals surface area contributed by atoms with E-state index in [4.69, 9.17) is 4.74 Å². The zero-order valence-corrected chi connectivity index (χ0v) is 14.6. The van der Waals surface area contributed by atoms with Crippen LogP contribution in [0.4, 0.5) is 5.69 Å². The van der Waals surface area contributed by atoms with Gasteiger partial charge in [-0.1, -0.05) is 6.92 Å². The Balaban J connectivity index is 2.60. The lowest BCUT2D eigenvalue weighted by Crippen LogP contribution is -2.51. The van der Waals surface area contributed by atoms with Crippen LogP contribution in [0.2, 0.25) is 0 Å². The monoisotopic (exact) mass is 290 g/mol. The summed E-state index contributed by atoms with van der Waals surface area (Å²) in [4.78, 5) is 2.55. The SMILES string of the molecule is CNCc1cc2c(cc1OC)N(C(C)C)C(C)(C)C[C@H]2C. The molecule has 0 radical (unpaired) electrons. The number of hydrogen-bond donors (Lipinski definition) is 1. The molecule has 0 amide bonds. The number of nitrogens with zero attached hydrogens (tertiary/aromatic N) is 1. The first kappa shape index (κ1) is 16.2. The van der Waals surface area contributed by atoms with Gasteiger partial charge in [-0.3, -0.25) is 0 Å². The molecule has 0 fully saturated rings. The van der Waals surface area contributed by atoms with Crippen LogP contribution in [0.15, 0.2) is 12.1 Å². The molecule has 21 heavy (non-hydrogen) atoms. The van der Waals surface area contributed by atoms with Gasteiger partial charge >= 0.3 is 0 Å². The topological polar surface area (TPSA) is 24.5 Å². The van der Waals surface area contributed by atoms with Crippen molar-refractivity contribution in [2.75, 3.05) is 19.1 Å². The predicted octanol–water partition coefficient (Wildman–Crippen LogP) is 3.92. The lowest BCUT2D eigenvalue weighted by molar-refractivity contribution is 0.353. The molecule has 0 spiro atoms. The Morgan fingerprint density at radius 2 is 2.05 bits per heavy atom. The Morgan fingerprint density at radius 1 is 1.38 bits per heavy atom. The van der Waals surface area contributed by atoms with Gasteiger partial charge in [-0.2, -0.15) is 0 Å². The highest BCUT2D eigenvalue weighted by atomic mass is 16.5. The molecule has 3 heteroatoms. The van der Waals surface area contributed by atoms with Crippen molar-refractivity contribution in [3.05, 3.63) is 23.3 Å². The first-order valence-electron chi connectivity index (χ1n) is 7.96. The van der Waals surface area contributed by atoms with E-state index in [-0.39, 0.29) is 5.54 Å². The molecule has 1 aromatic carbocycles. The Labute approximate surface area is 129 Å². The number of anilines is 1. The van der Waals surface area contributed by atoms with Gasteiger partial charge in [0.1, 0.15) is 5.75 Å². The smallest absolute Gasteiger partial charge is 0.125 e. The number of ether oxygens (including phenoxy) is 1. The van der Waals surface area contributed by atoms with Crippen LogP contribution in [0.1, 0.15) is 58.1 Å². The molecule has 0 aromatic heterocycles. The summed E-state index contributed by atoms with van der Waals surface area (Å²) in [6.45, 7) is 12.4. The first-order chi connectivity index (χ1) is 9.81. The highest BCUT2D eigenvalue weighted by Gasteiger charge is 2.38. The van der Waals surface area contributed by atoms with Crippen molar-refractivity contribution in [3.63, 3.8) is 0 Å². The highest BCUT2D eigenvalue weighted by molar-refractivity contribution is 5.64. The maximum absolute atomic E-state index is 5.63. The zero-order valence-electron chi connectivity index (χ0n) is 14.6. The predicted molar refractivity (Wildman–Crippen MR) is 90.5 cm³/mol. The Bertz CT molecular complexity index is 508. The second kappa shape index (κ2) is 5.88. The van der Waals surface area contributed by atoms with Crippen molar-refractivity contribution in [2.24, 2.45) is 0 Å². The largest absolute Gasteiger partial charge is 0.496 e. The van der Waals surface area contributed by atoms with Crippen LogP contribution in [0.25, 0.3) is 0 Å². The lowest BCUT2D eigenvalue weighted by Gasteiger charge is -2.50. The van der Waals surface area contributed by atoms with E-state index in [1.807, 2.05) is 7.05 Å². The van der Waals surface area contributed by atoms with Crippen LogP contribution >= 0.6 is 0 Å². The van der Waals surface area contributed by atoms with Gasteiger partial charge in [-0.25, -0.2) is 0 Å². The maximum Gasteiger partial charge on any atom is 0.125 e. The maximum atomic E-state index is 5.63. The molecule has 0 saturated heterocycles. The van der Waals surface area contributed by atoms with E-state index < -0.39 is 0 Å². The van der Waals surface area contributed by atoms with Crippen molar-refractivity contribution >= 4 is 5.69 Å². The number of rotatable bonds is 4. The number of benzene rings is 1. The molecule has 1 aliphatic heterocycles. The zero-order chi connectivity index (χ0) is 15.8. The molecule has 0 aliphatic carbocycles. The van der Waals surface area contributed by atoms with E-state index in [1.165, 1.54) is 23.2 Å². The molecule has 0 saturated carbocycles. The Hall–Kier alpha value is -1.22. The molecule has 1 heterocycles.